The zero-order valence-corrected chi connectivity index (χ0v) is 15.4. The van der Waals surface area contributed by atoms with Crippen molar-refractivity contribution in [3.8, 4) is 0 Å². The summed E-state index contributed by atoms with van der Waals surface area (Å²) in [6.07, 6.45) is 0.797. The van der Waals surface area contributed by atoms with E-state index in [-0.39, 0.29) is 11.2 Å². The molecular formula is C18H20ClNOS2. The number of rotatable bonds is 8. The average molecular weight is 366 g/mol. The van der Waals surface area contributed by atoms with Gasteiger partial charge in [-0.05, 0) is 42.8 Å². The number of nitrogens with one attached hydrogen (secondary N) is 1. The predicted molar refractivity (Wildman–Crippen MR) is 102 cm³/mol. The fourth-order valence-electron chi connectivity index (χ4n) is 1.97. The van der Waals surface area contributed by atoms with Crippen molar-refractivity contribution in [3.63, 3.8) is 0 Å². The van der Waals surface area contributed by atoms with E-state index >= 15 is 0 Å². The van der Waals surface area contributed by atoms with E-state index in [1.54, 1.807) is 23.5 Å². The lowest BCUT2D eigenvalue weighted by Crippen LogP contribution is -2.33. The Kier molecular flexibility index (Phi) is 7.86. The highest BCUT2D eigenvalue weighted by atomic mass is 35.5. The van der Waals surface area contributed by atoms with Crippen LogP contribution in [-0.2, 0) is 4.79 Å². The lowest BCUT2D eigenvalue weighted by molar-refractivity contribution is -0.120. The Bertz CT molecular complexity index is 604. The Morgan fingerprint density at radius 2 is 1.78 bits per heavy atom. The SMILES string of the molecule is CCC(Sc1ccc(Cl)cc1)C(=O)NCCSc1ccccc1. The van der Waals surface area contributed by atoms with Crippen LogP contribution in [0.15, 0.2) is 64.4 Å². The van der Waals surface area contributed by atoms with Crippen LogP contribution in [0.1, 0.15) is 13.3 Å². The largest absolute Gasteiger partial charge is 0.354 e. The fourth-order valence-corrected chi connectivity index (χ4v) is 3.87. The van der Waals surface area contributed by atoms with Gasteiger partial charge in [-0.25, -0.2) is 0 Å². The fraction of sp³-hybridized carbons (Fsp3) is 0.278. The van der Waals surface area contributed by atoms with Crippen LogP contribution in [0.3, 0.4) is 0 Å². The van der Waals surface area contributed by atoms with Crippen molar-refractivity contribution in [1.82, 2.24) is 5.32 Å². The van der Waals surface area contributed by atoms with E-state index in [1.807, 2.05) is 49.4 Å². The Balaban J connectivity index is 1.75. The minimum atomic E-state index is -0.0714. The third-order valence-electron chi connectivity index (χ3n) is 3.17. The third-order valence-corrected chi connectivity index (χ3v) is 5.81. The summed E-state index contributed by atoms with van der Waals surface area (Å²) >= 11 is 9.22. The molecule has 2 aromatic carbocycles. The molecule has 0 saturated carbocycles. The van der Waals surface area contributed by atoms with Crippen LogP contribution < -0.4 is 5.32 Å². The van der Waals surface area contributed by atoms with Crippen LogP contribution in [0.5, 0.6) is 0 Å². The Hall–Kier alpha value is -1.10. The number of carbonyl (C=O) groups is 1. The lowest BCUT2D eigenvalue weighted by atomic mass is 10.3. The molecule has 0 fully saturated rings. The zero-order valence-electron chi connectivity index (χ0n) is 13.0. The summed E-state index contributed by atoms with van der Waals surface area (Å²) in [4.78, 5) is 14.6. The number of carbonyl (C=O) groups excluding carboxylic acids is 1. The summed E-state index contributed by atoms with van der Waals surface area (Å²) in [6, 6.07) is 17.8. The molecule has 0 aliphatic carbocycles. The van der Waals surface area contributed by atoms with Gasteiger partial charge < -0.3 is 5.32 Å². The van der Waals surface area contributed by atoms with E-state index in [1.165, 1.54) is 4.90 Å². The molecule has 0 heterocycles. The van der Waals surface area contributed by atoms with Gasteiger partial charge in [-0.15, -0.1) is 23.5 Å². The molecule has 0 spiro atoms. The highest BCUT2D eigenvalue weighted by molar-refractivity contribution is 8.00. The van der Waals surface area contributed by atoms with Gasteiger partial charge in [0.05, 0.1) is 5.25 Å². The number of hydrogen-bond acceptors (Lipinski definition) is 3. The van der Waals surface area contributed by atoms with Gasteiger partial charge >= 0.3 is 0 Å². The van der Waals surface area contributed by atoms with E-state index in [2.05, 4.69) is 17.4 Å². The summed E-state index contributed by atoms with van der Waals surface area (Å²) < 4.78 is 0. The molecule has 0 aliphatic rings. The molecule has 23 heavy (non-hydrogen) atoms. The molecule has 0 aliphatic heterocycles. The van der Waals surface area contributed by atoms with Crippen molar-refractivity contribution >= 4 is 41.0 Å². The summed E-state index contributed by atoms with van der Waals surface area (Å²) in [5.74, 6) is 0.971. The summed E-state index contributed by atoms with van der Waals surface area (Å²) in [5.41, 5.74) is 0. The topological polar surface area (TPSA) is 29.1 Å². The van der Waals surface area contributed by atoms with Crippen LogP contribution in [-0.4, -0.2) is 23.5 Å². The molecule has 2 aromatic rings. The molecule has 122 valence electrons. The summed E-state index contributed by atoms with van der Waals surface area (Å²) in [7, 11) is 0. The molecule has 2 nitrogen and oxygen atoms in total. The molecule has 0 aromatic heterocycles. The zero-order chi connectivity index (χ0) is 16.5. The van der Waals surface area contributed by atoms with Crippen LogP contribution in [0, 0.1) is 0 Å². The number of halogens is 1. The molecule has 0 saturated heterocycles. The quantitative estimate of drug-likeness (QED) is 0.520. The minimum absolute atomic E-state index is 0.0714. The third kappa shape index (κ3) is 6.50. The second kappa shape index (κ2) is 9.91. The van der Waals surface area contributed by atoms with Crippen molar-refractivity contribution < 1.29 is 4.79 Å². The average Bonchev–Trinajstić information content (AvgIpc) is 2.59. The molecule has 1 atom stereocenters. The highest BCUT2D eigenvalue weighted by Crippen LogP contribution is 2.26. The number of hydrogen-bond donors (Lipinski definition) is 1. The van der Waals surface area contributed by atoms with Crippen LogP contribution in [0.2, 0.25) is 5.02 Å². The van der Waals surface area contributed by atoms with E-state index in [9.17, 15) is 4.79 Å². The Morgan fingerprint density at radius 3 is 2.43 bits per heavy atom. The van der Waals surface area contributed by atoms with Gasteiger partial charge in [0.15, 0.2) is 0 Å². The second-order valence-electron chi connectivity index (χ2n) is 4.92. The lowest BCUT2D eigenvalue weighted by Gasteiger charge is -2.14. The number of amides is 1. The van der Waals surface area contributed by atoms with E-state index < -0.39 is 0 Å². The smallest absolute Gasteiger partial charge is 0.233 e. The van der Waals surface area contributed by atoms with Gasteiger partial charge in [-0.1, -0.05) is 36.7 Å². The Labute approximate surface area is 151 Å². The molecule has 5 heteroatoms. The number of thioether (sulfide) groups is 2. The van der Waals surface area contributed by atoms with Gasteiger partial charge in [0, 0.05) is 27.1 Å². The van der Waals surface area contributed by atoms with Gasteiger partial charge in [-0.2, -0.15) is 0 Å². The first-order chi connectivity index (χ1) is 11.2. The van der Waals surface area contributed by atoms with Crippen molar-refractivity contribution in [3.05, 3.63) is 59.6 Å². The molecule has 0 bridgehead atoms. The second-order valence-corrected chi connectivity index (χ2v) is 7.80. The minimum Gasteiger partial charge on any atom is -0.354 e. The van der Waals surface area contributed by atoms with Crippen molar-refractivity contribution in [2.75, 3.05) is 12.3 Å². The molecule has 2 rings (SSSR count). The highest BCUT2D eigenvalue weighted by Gasteiger charge is 2.17. The maximum atomic E-state index is 12.3. The van der Waals surface area contributed by atoms with Gasteiger partial charge in [0.2, 0.25) is 5.91 Å². The van der Waals surface area contributed by atoms with Crippen LogP contribution in [0.25, 0.3) is 0 Å². The van der Waals surface area contributed by atoms with Crippen molar-refractivity contribution in [1.29, 1.82) is 0 Å². The first-order valence-electron chi connectivity index (χ1n) is 7.57. The standard InChI is InChI=1S/C18H20ClNOS2/c1-2-17(23-16-10-8-14(19)9-11-16)18(21)20-12-13-22-15-6-4-3-5-7-15/h3-11,17H,2,12-13H2,1H3,(H,20,21). The van der Waals surface area contributed by atoms with E-state index in [0.29, 0.717) is 11.6 Å². The normalized spacial score (nSPS) is 11.9. The molecule has 1 unspecified atom stereocenters. The van der Waals surface area contributed by atoms with E-state index in [4.69, 9.17) is 11.6 Å². The van der Waals surface area contributed by atoms with Gasteiger partial charge in [-0.3, -0.25) is 4.79 Å². The molecule has 0 radical (unpaired) electrons. The molecule has 1 N–H and O–H groups in total. The van der Waals surface area contributed by atoms with Crippen LogP contribution in [0.4, 0.5) is 0 Å². The molecular weight excluding hydrogens is 346 g/mol. The summed E-state index contributed by atoms with van der Waals surface area (Å²) in [5, 5.41) is 3.67. The van der Waals surface area contributed by atoms with Crippen LogP contribution >= 0.6 is 35.1 Å². The van der Waals surface area contributed by atoms with Crippen molar-refractivity contribution in [2.45, 2.75) is 28.4 Å². The maximum absolute atomic E-state index is 12.3. The molecule has 1 amide bonds. The maximum Gasteiger partial charge on any atom is 0.233 e. The van der Waals surface area contributed by atoms with Gasteiger partial charge in [0.1, 0.15) is 0 Å². The monoisotopic (exact) mass is 365 g/mol. The van der Waals surface area contributed by atoms with Gasteiger partial charge in [0.25, 0.3) is 0 Å². The van der Waals surface area contributed by atoms with Crippen molar-refractivity contribution in [2.24, 2.45) is 0 Å². The first kappa shape index (κ1) is 18.2. The number of benzene rings is 2. The summed E-state index contributed by atoms with van der Waals surface area (Å²) in [6.45, 7) is 2.71. The first-order valence-corrected chi connectivity index (χ1v) is 9.81. The predicted octanol–water partition coefficient (Wildman–Crippen LogP) is 5.12. The Morgan fingerprint density at radius 1 is 1.09 bits per heavy atom. The van der Waals surface area contributed by atoms with E-state index in [0.717, 1.165) is 17.1 Å².